The Bertz CT molecular complexity index is 1030. The number of imide groups is 1. The fourth-order valence-corrected chi connectivity index (χ4v) is 4.39. The van der Waals surface area contributed by atoms with Gasteiger partial charge in [-0.1, -0.05) is 35.3 Å². The number of anilines is 2. The standard InChI is InChI=1S/C19H15Cl2N5O2/c20-14-8-13(15(23)16(21)24-14)26-17(27)19(6-1-7-25(19)18(26)28)9-11-2-4-12(10-22)5-3-11/h2-5,8H,1,6-7,9,23H2. The van der Waals surface area contributed by atoms with Gasteiger partial charge in [0.25, 0.3) is 5.91 Å². The number of amides is 3. The molecule has 4 rings (SSSR count). The highest BCUT2D eigenvalue weighted by Gasteiger charge is 2.60. The zero-order valence-corrected chi connectivity index (χ0v) is 16.2. The molecular weight excluding hydrogens is 401 g/mol. The number of nitrogens with two attached hydrogens (primary N) is 1. The summed E-state index contributed by atoms with van der Waals surface area (Å²) in [5.74, 6) is -0.357. The summed E-state index contributed by atoms with van der Waals surface area (Å²) < 4.78 is 0. The van der Waals surface area contributed by atoms with Crippen molar-refractivity contribution in [3.05, 3.63) is 51.8 Å². The third kappa shape index (κ3) is 2.68. The molecule has 2 aromatic rings. The Morgan fingerprint density at radius 1 is 1.25 bits per heavy atom. The molecule has 142 valence electrons. The van der Waals surface area contributed by atoms with Gasteiger partial charge in [-0.25, -0.2) is 14.7 Å². The Morgan fingerprint density at radius 3 is 2.64 bits per heavy atom. The maximum atomic E-state index is 13.5. The quantitative estimate of drug-likeness (QED) is 0.610. The normalized spacial score (nSPS) is 21.2. The zero-order valence-electron chi connectivity index (χ0n) is 14.7. The predicted octanol–water partition coefficient (Wildman–Crippen LogP) is 3.39. The molecule has 1 atom stereocenters. The van der Waals surface area contributed by atoms with Gasteiger partial charge >= 0.3 is 6.03 Å². The molecule has 9 heteroatoms. The number of rotatable bonds is 3. The number of fused-ring (bicyclic) bond motifs is 1. The fourth-order valence-electron chi connectivity index (χ4n) is 3.97. The van der Waals surface area contributed by atoms with Crippen molar-refractivity contribution in [3.8, 4) is 6.07 Å². The monoisotopic (exact) mass is 415 g/mol. The lowest BCUT2D eigenvalue weighted by Crippen LogP contribution is -2.47. The number of hydrogen-bond acceptors (Lipinski definition) is 5. The maximum absolute atomic E-state index is 13.5. The van der Waals surface area contributed by atoms with E-state index in [1.807, 2.05) is 0 Å². The van der Waals surface area contributed by atoms with Crippen LogP contribution in [0, 0.1) is 11.3 Å². The Labute approximate surface area is 171 Å². The van der Waals surface area contributed by atoms with Crippen molar-refractivity contribution in [3.63, 3.8) is 0 Å². The molecule has 2 saturated heterocycles. The number of pyridine rings is 1. The second kappa shape index (κ2) is 6.66. The van der Waals surface area contributed by atoms with Gasteiger partial charge in [-0.3, -0.25) is 4.79 Å². The summed E-state index contributed by atoms with van der Waals surface area (Å²) >= 11 is 12.0. The molecule has 0 radical (unpaired) electrons. The van der Waals surface area contributed by atoms with Crippen LogP contribution in [0.4, 0.5) is 16.2 Å². The van der Waals surface area contributed by atoms with Gasteiger partial charge in [0.05, 0.1) is 23.0 Å². The first-order chi connectivity index (χ1) is 13.4. The predicted molar refractivity (Wildman–Crippen MR) is 105 cm³/mol. The fraction of sp³-hybridized carbons (Fsp3) is 0.263. The third-order valence-corrected chi connectivity index (χ3v) is 5.77. The van der Waals surface area contributed by atoms with Gasteiger partial charge in [-0.15, -0.1) is 0 Å². The van der Waals surface area contributed by atoms with Crippen LogP contribution in [0.25, 0.3) is 0 Å². The molecule has 0 saturated carbocycles. The van der Waals surface area contributed by atoms with E-state index in [9.17, 15) is 9.59 Å². The molecule has 2 aliphatic heterocycles. The van der Waals surface area contributed by atoms with Crippen LogP contribution in [0.1, 0.15) is 24.0 Å². The van der Waals surface area contributed by atoms with Gasteiger partial charge in [0.1, 0.15) is 10.7 Å². The van der Waals surface area contributed by atoms with Crippen molar-refractivity contribution in [1.82, 2.24) is 9.88 Å². The van der Waals surface area contributed by atoms with E-state index in [1.165, 1.54) is 6.07 Å². The van der Waals surface area contributed by atoms with Gasteiger partial charge < -0.3 is 10.6 Å². The van der Waals surface area contributed by atoms with Crippen molar-refractivity contribution in [2.45, 2.75) is 24.8 Å². The van der Waals surface area contributed by atoms with Gasteiger partial charge in [0.2, 0.25) is 0 Å². The van der Waals surface area contributed by atoms with Gasteiger partial charge in [0.15, 0.2) is 5.15 Å². The van der Waals surface area contributed by atoms with Crippen LogP contribution >= 0.6 is 23.2 Å². The highest BCUT2D eigenvalue weighted by Crippen LogP contribution is 2.44. The molecule has 0 bridgehead atoms. The van der Waals surface area contributed by atoms with Crippen LogP contribution in [0.2, 0.25) is 10.3 Å². The minimum absolute atomic E-state index is 0.0301. The topological polar surface area (TPSA) is 103 Å². The number of carbonyl (C=O) groups is 2. The van der Waals surface area contributed by atoms with E-state index in [1.54, 1.807) is 29.2 Å². The van der Waals surface area contributed by atoms with E-state index in [-0.39, 0.29) is 27.6 Å². The van der Waals surface area contributed by atoms with Crippen molar-refractivity contribution >= 4 is 46.5 Å². The molecule has 1 aromatic heterocycles. The first-order valence-corrected chi connectivity index (χ1v) is 9.40. The summed E-state index contributed by atoms with van der Waals surface area (Å²) in [4.78, 5) is 33.1. The molecule has 7 nitrogen and oxygen atoms in total. The molecule has 28 heavy (non-hydrogen) atoms. The van der Waals surface area contributed by atoms with E-state index < -0.39 is 11.6 Å². The molecule has 3 amide bonds. The van der Waals surface area contributed by atoms with Crippen LogP contribution in [0.5, 0.6) is 0 Å². The largest absolute Gasteiger partial charge is 0.395 e. The van der Waals surface area contributed by atoms with Gasteiger partial charge in [-0.2, -0.15) is 5.26 Å². The molecular formula is C19H15Cl2N5O2. The summed E-state index contributed by atoms with van der Waals surface area (Å²) in [6, 6.07) is 10.0. The average molecular weight is 416 g/mol. The lowest BCUT2D eigenvalue weighted by atomic mass is 9.87. The molecule has 0 aliphatic carbocycles. The average Bonchev–Trinajstić information content (AvgIpc) is 3.17. The summed E-state index contributed by atoms with van der Waals surface area (Å²) in [5, 5.41) is 8.95. The minimum atomic E-state index is -0.986. The first kappa shape index (κ1) is 18.5. The minimum Gasteiger partial charge on any atom is -0.395 e. The smallest absolute Gasteiger partial charge is 0.332 e. The number of halogens is 2. The second-order valence-corrected chi connectivity index (χ2v) is 7.61. The van der Waals surface area contributed by atoms with E-state index in [2.05, 4.69) is 11.1 Å². The van der Waals surface area contributed by atoms with Crippen LogP contribution < -0.4 is 10.6 Å². The number of nitriles is 1. The second-order valence-electron chi connectivity index (χ2n) is 6.86. The molecule has 1 unspecified atom stereocenters. The lowest BCUT2D eigenvalue weighted by molar-refractivity contribution is -0.123. The SMILES string of the molecule is N#Cc1ccc(CC23CCCN2C(=O)N(c2cc(Cl)nc(Cl)c2N)C3=O)cc1. The lowest BCUT2D eigenvalue weighted by Gasteiger charge is -2.28. The number of nitrogens with zero attached hydrogens (tertiary/aromatic N) is 4. The Morgan fingerprint density at radius 2 is 1.96 bits per heavy atom. The van der Waals surface area contributed by atoms with E-state index in [0.717, 1.165) is 16.9 Å². The molecule has 3 heterocycles. The highest BCUT2D eigenvalue weighted by molar-refractivity contribution is 6.36. The van der Waals surface area contributed by atoms with Crippen molar-refractivity contribution in [2.24, 2.45) is 0 Å². The van der Waals surface area contributed by atoms with Crippen molar-refractivity contribution < 1.29 is 9.59 Å². The maximum Gasteiger partial charge on any atom is 0.332 e. The van der Waals surface area contributed by atoms with Crippen LogP contribution in [-0.4, -0.2) is 33.9 Å². The van der Waals surface area contributed by atoms with Crippen LogP contribution in [0.15, 0.2) is 30.3 Å². The van der Waals surface area contributed by atoms with Crippen molar-refractivity contribution in [1.29, 1.82) is 5.26 Å². The van der Waals surface area contributed by atoms with Crippen LogP contribution in [0.3, 0.4) is 0 Å². The zero-order chi connectivity index (χ0) is 20.1. The number of urea groups is 1. The number of nitrogen functional groups attached to an aromatic ring is 1. The molecule has 2 N–H and O–H groups in total. The third-order valence-electron chi connectivity index (χ3n) is 5.29. The highest BCUT2D eigenvalue weighted by atomic mass is 35.5. The molecule has 0 spiro atoms. The molecule has 2 fully saturated rings. The Kier molecular flexibility index (Phi) is 4.41. The summed E-state index contributed by atoms with van der Waals surface area (Å²) in [5.41, 5.74) is 6.58. The van der Waals surface area contributed by atoms with Gasteiger partial charge in [0, 0.05) is 19.0 Å². The summed E-state index contributed by atoms with van der Waals surface area (Å²) in [6.45, 7) is 0.476. The van der Waals surface area contributed by atoms with Gasteiger partial charge in [-0.05, 0) is 30.5 Å². The molecule has 1 aromatic carbocycles. The first-order valence-electron chi connectivity index (χ1n) is 8.64. The molecule has 2 aliphatic rings. The van der Waals surface area contributed by atoms with Crippen molar-refractivity contribution in [2.75, 3.05) is 17.2 Å². The van der Waals surface area contributed by atoms with E-state index in [0.29, 0.717) is 24.9 Å². The number of hydrogen-bond donors (Lipinski definition) is 1. The number of benzene rings is 1. The summed E-state index contributed by atoms with van der Waals surface area (Å²) in [7, 11) is 0. The number of aromatic nitrogens is 1. The Balaban J connectivity index is 1.75. The van der Waals surface area contributed by atoms with E-state index in [4.69, 9.17) is 34.2 Å². The van der Waals surface area contributed by atoms with E-state index >= 15 is 0 Å². The van der Waals surface area contributed by atoms with Crippen LogP contribution in [-0.2, 0) is 11.2 Å². The number of carbonyl (C=O) groups excluding carboxylic acids is 2. The summed E-state index contributed by atoms with van der Waals surface area (Å²) in [6.07, 6.45) is 1.63. The Hall–Kier alpha value is -2.82.